The van der Waals surface area contributed by atoms with Gasteiger partial charge in [0.15, 0.2) is 24.0 Å². The Kier molecular flexibility index (Phi) is 6.38. The first kappa shape index (κ1) is 23.9. The Morgan fingerprint density at radius 2 is 1.39 bits per heavy atom. The normalized spacial score (nSPS) is 35.0. The largest absolute Gasteiger partial charge is 0.480 e. The van der Waals surface area contributed by atoms with Gasteiger partial charge in [0, 0.05) is 0 Å². The van der Waals surface area contributed by atoms with E-state index in [-0.39, 0.29) is 5.92 Å². The second kappa shape index (κ2) is 8.28. The summed E-state index contributed by atoms with van der Waals surface area (Å²) in [6.45, 7) is 11.8. The van der Waals surface area contributed by atoms with E-state index in [1.807, 2.05) is 0 Å². The Balaban J connectivity index is 1.77. The zero-order chi connectivity index (χ0) is 23.3. The summed E-state index contributed by atoms with van der Waals surface area (Å²) in [6, 6.07) is -2.07. The first-order valence-electron chi connectivity index (χ1n) is 10.4. The number of fused-ring (bicyclic) bond motifs is 3. The van der Waals surface area contributed by atoms with Crippen LogP contribution in [0.5, 0.6) is 0 Å². The number of aliphatic carboxylic acids is 1. The van der Waals surface area contributed by atoms with Crippen molar-refractivity contribution in [2.45, 2.75) is 103 Å². The molecule has 0 bridgehead atoms. The molecule has 0 aromatic heterocycles. The summed E-state index contributed by atoms with van der Waals surface area (Å²) in [5, 5.41) is 14.1. The minimum absolute atomic E-state index is 0.306. The van der Waals surface area contributed by atoms with Crippen LogP contribution in [0.2, 0.25) is 0 Å². The van der Waals surface area contributed by atoms with Crippen molar-refractivity contribution in [2.24, 2.45) is 5.92 Å². The number of hydrogen-bond donors (Lipinski definition) is 3. The van der Waals surface area contributed by atoms with Crippen LogP contribution in [0.25, 0.3) is 0 Å². The minimum Gasteiger partial charge on any atom is -0.480 e. The van der Waals surface area contributed by atoms with Crippen molar-refractivity contribution >= 4 is 17.8 Å². The Hall–Kier alpha value is -1.79. The van der Waals surface area contributed by atoms with Crippen LogP contribution in [0, 0.1) is 5.92 Å². The molecule has 0 aliphatic carbocycles. The molecule has 176 valence electrons. The summed E-state index contributed by atoms with van der Waals surface area (Å²) >= 11 is 0. The van der Waals surface area contributed by atoms with Crippen molar-refractivity contribution in [2.75, 3.05) is 0 Å². The average molecular weight is 444 g/mol. The topological polar surface area (TPSA) is 142 Å². The second-order valence-corrected chi connectivity index (χ2v) is 9.39. The van der Waals surface area contributed by atoms with Gasteiger partial charge in [-0.1, -0.05) is 13.8 Å². The van der Waals surface area contributed by atoms with Crippen molar-refractivity contribution < 1.29 is 43.2 Å². The number of hydrogen-bond acceptors (Lipinski definition) is 8. The Morgan fingerprint density at radius 3 is 1.97 bits per heavy atom. The molecule has 11 heteroatoms. The SMILES string of the molecule is CC(C)[C@@H](NC(=O)[C@H]1O[C@H]2OC(C)(C)O[C@@H]2[C@H]2OC(C)(C)O[C@@H]21)C(=O)N[C@@H](C)C(=O)O. The van der Waals surface area contributed by atoms with Gasteiger partial charge in [-0.2, -0.15) is 0 Å². The van der Waals surface area contributed by atoms with E-state index < -0.39 is 72.1 Å². The molecule has 2 amide bonds. The van der Waals surface area contributed by atoms with Gasteiger partial charge >= 0.3 is 5.97 Å². The molecule has 3 aliphatic heterocycles. The number of rotatable bonds is 6. The third-order valence-electron chi connectivity index (χ3n) is 5.39. The highest BCUT2D eigenvalue weighted by Crippen LogP contribution is 2.44. The maximum absolute atomic E-state index is 13.2. The monoisotopic (exact) mass is 444 g/mol. The summed E-state index contributed by atoms with van der Waals surface area (Å²) < 4.78 is 29.5. The quantitative estimate of drug-likeness (QED) is 0.520. The molecule has 0 aromatic carbocycles. The predicted octanol–water partition coefficient (Wildman–Crippen LogP) is 0.113. The number of amides is 2. The van der Waals surface area contributed by atoms with Crippen LogP contribution in [0.15, 0.2) is 0 Å². The first-order chi connectivity index (χ1) is 14.2. The fourth-order valence-electron chi connectivity index (χ4n) is 3.96. The van der Waals surface area contributed by atoms with E-state index in [4.69, 9.17) is 28.8 Å². The molecular weight excluding hydrogens is 412 g/mol. The highest BCUT2D eigenvalue weighted by molar-refractivity contribution is 5.91. The van der Waals surface area contributed by atoms with Gasteiger partial charge in [0.2, 0.25) is 5.91 Å². The van der Waals surface area contributed by atoms with Crippen LogP contribution >= 0.6 is 0 Å². The predicted molar refractivity (Wildman–Crippen MR) is 105 cm³/mol. The molecule has 0 saturated carbocycles. The van der Waals surface area contributed by atoms with Gasteiger partial charge in [-0.15, -0.1) is 0 Å². The fraction of sp³-hybridized carbons (Fsp3) is 0.850. The molecule has 0 unspecified atom stereocenters. The molecular formula is C20H32N2O9. The van der Waals surface area contributed by atoms with Crippen LogP contribution in [0.3, 0.4) is 0 Å². The Bertz CT molecular complexity index is 738. The van der Waals surface area contributed by atoms with Crippen LogP contribution < -0.4 is 10.6 Å². The lowest BCUT2D eigenvalue weighted by molar-refractivity contribution is -0.231. The number of carboxylic acid groups (broad SMARTS) is 1. The van der Waals surface area contributed by atoms with E-state index in [9.17, 15) is 14.4 Å². The van der Waals surface area contributed by atoms with E-state index in [0.717, 1.165) is 0 Å². The number of carbonyl (C=O) groups is 3. The van der Waals surface area contributed by atoms with Gasteiger partial charge in [-0.05, 0) is 40.5 Å². The van der Waals surface area contributed by atoms with E-state index in [1.165, 1.54) is 6.92 Å². The van der Waals surface area contributed by atoms with Crippen LogP contribution in [0.1, 0.15) is 48.5 Å². The van der Waals surface area contributed by atoms with E-state index in [1.54, 1.807) is 41.5 Å². The first-order valence-corrected chi connectivity index (χ1v) is 10.4. The Morgan fingerprint density at radius 1 is 0.839 bits per heavy atom. The molecule has 3 N–H and O–H groups in total. The molecule has 31 heavy (non-hydrogen) atoms. The van der Waals surface area contributed by atoms with E-state index in [2.05, 4.69) is 10.6 Å². The average Bonchev–Trinajstić information content (AvgIpc) is 3.11. The lowest BCUT2D eigenvalue weighted by atomic mass is 9.97. The molecule has 3 rings (SSSR count). The van der Waals surface area contributed by atoms with Crippen molar-refractivity contribution in [3.63, 3.8) is 0 Å². The smallest absolute Gasteiger partial charge is 0.325 e. The van der Waals surface area contributed by atoms with Gasteiger partial charge < -0.3 is 39.4 Å². The van der Waals surface area contributed by atoms with Crippen LogP contribution in [-0.4, -0.2) is 77.3 Å². The third-order valence-corrected chi connectivity index (χ3v) is 5.39. The third kappa shape index (κ3) is 5.01. The summed E-state index contributed by atoms with van der Waals surface area (Å²) in [4.78, 5) is 36.8. The second-order valence-electron chi connectivity index (χ2n) is 9.39. The molecule has 3 heterocycles. The van der Waals surface area contributed by atoms with Crippen molar-refractivity contribution in [3.05, 3.63) is 0 Å². The number of carboxylic acids is 1. The van der Waals surface area contributed by atoms with Gasteiger partial charge in [-0.3, -0.25) is 14.4 Å². The lowest BCUT2D eigenvalue weighted by Crippen LogP contribution is -2.62. The number of carbonyl (C=O) groups excluding carboxylic acids is 2. The standard InChI is InChI=1S/C20H32N2O9/c1-8(2)10(15(23)21-9(3)17(25)26)22-16(24)13-11-12(29-19(4,5)28-11)14-18(27-13)31-20(6,7)30-14/h8-14,18H,1-7H3,(H,21,23)(H,22,24)(H,25,26)/t9-,10+,11-,12-,13-,14+,18-/m0/s1. The van der Waals surface area contributed by atoms with E-state index in [0.29, 0.717) is 0 Å². The lowest BCUT2D eigenvalue weighted by Gasteiger charge is -2.37. The molecule has 7 atom stereocenters. The van der Waals surface area contributed by atoms with Crippen LogP contribution in [-0.2, 0) is 38.1 Å². The summed E-state index contributed by atoms with van der Waals surface area (Å²) in [5.74, 6) is -4.55. The summed E-state index contributed by atoms with van der Waals surface area (Å²) in [5.41, 5.74) is 0. The highest BCUT2D eigenvalue weighted by Gasteiger charge is 2.62. The minimum atomic E-state index is -1.17. The number of ether oxygens (including phenoxy) is 5. The molecule has 11 nitrogen and oxygen atoms in total. The maximum Gasteiger partial charge on any atom is 0.325 e. The molecule has 3 aliphatic rings. The van der Waals surface area contributed by atoms with E-state index >= 15 is 0 Å². The van der Waals surface area contributed by atoms with Crippen molar-refractivity contribution in [1.29, 1.82) is 0 Å². The summed E-state index contributed by atoms with van der Waals surface area (Å²) in [6.07, 6.45) is -3.92. The molecule has 3 saturated heterocycles. The molecule has 0 spiro atoms. The van der Waals surface area contributed by atoms with Crippen molar-refractivity contribution in [3.8, 4) is 0 Å². The number of nitrogens with one attached hydrogen (secondary N) is 2. The summed E-state index contributed by atoms with van der Waals surface area (Å²) in [7, 11) is 0. The van der Waals surface area contributed by atoms with Crippen molar-refractivity contribution in [1.82, 2.24) is 10.6 Å². The molecule has 3 fully saturated rings. The zero-order valence-corrected chi connectivity index (χ0v) is 18.8. The van der Waals surface area contributed by atoms with Crippen LogP contribution in [0.4, 0.5) is 0 Å². The Labute approximate surface area is 181 Å². The zero-order valence-electron chi connectivity index (χ0n) is 18.8. The van der Waals surface area contributed by atoms with Gasteiger partial charge in [0.25, 0.3) is 5.91 Å². The maximum atomic E-state index is 13.2. The van der Waals surface area contributed by atoms with Gasteiger partial charge in [-0.25, -0.2) is 0 Å². The fourth-order valence-corrected chi connectivity index (χ4v) is 3.96. The van der Waals surface area contributed by atoms with Gasteiger partial charge in [0.05, 0.1) is 0 Å². The molecule has 0 aromatic rings. The highest BCUT2D eigenvalue weighted by atomic mass is 16.9. The van der Waals surface area contributed by atoms with Gasteiger partial charge in [0.1, 0.15) is 30.4 Å². The molecule has 0 radical (unpaired) electrons.